The van der Waals surface area contributed by atoms with E-state index in [1.165, 1.54) is 11.1 Å². The molecule has 2 N–H and O–H groups in total. The lowest BCUT2D eigenvalue weighted by molar-refractivity contribution is -0.127. The van der Waals surface area contributed by atoms with Crippen LogP contribution in [0.15, 0.2) is 42.5 Å². The molecule has 5 rings (SSSR count). The predicted molar refractivity (Wildman–Crippen MR) is 133 cm³/mol. The summed E-state index contributed by atoms with van der Waals surface area (Å²) >= 11 is 13.1. The second-order valence-corrected chi connectivity index (χ2v) is 10.9. The third-order valence-electron chi connectivity index (χ3n) is 8.04. The van der Waals surface area contributed by atoms with Crippen molar-refractivity contribution in [2.75, 3.05) is 13.2 Å². The second-order valence-electron chi connectivity index (χ2n) is 10.0. The highest BCUT2D eigenvalue weighted by Gasteiger charge is 2.61. The van der Waals surface area contributed by atoms with E-state index in [-0.39, 0.29) is 29.7 Å². The van der Waals surface area contributed by atoms with Crippen LogP contribution in [0.2, 0.25) is 10.0 Å². The van der Waals surface area contributed by atoms with Crippen molar-refractivity contribution in [2.24, 2.45) is 5.92 Å². The van der Waals surface area contributed by atoms with E-state index in [2.05, 4.69) is 54.8 Å². The summed E-state index contributed by atoms with van der Waals surface area (Å²) in [4.78, 5) is 13.5. The third kappa shape index (κ3) is 4.20. The van der Waals surface area contributed by atoms with Gasteiger partial charge < -0.3 is 15.4 Å². The van der Waals surface area contributed by atoms with E-state index >= 15 is 0 Å². The zero-order valence-corrected chi connectivity index (χ0v) is 20.8. The van der Waals surface area contributed by atoms with Crippen molar-refractivity contribution in [1.82, 2.24) is 10.6 Å². The fraction of sp³-hybridized carbons (Fsp3) is 0.519. The summed E-state index contributed by atoms with van der Waals surface area (Å²) in [7, 11) is 0. The summed E-state index contributed by atoms with van der Waals surface area (Å²) in [5.41, 5.74) is 2.96. The van der Waals surface area contributed by atoms with Gasteiger partial charge in [0.15, 0.2) is 0 Å². The number of benzene rings is 2. The van der Waals surface area contributed by atoms with E-state index in [0.29, 0.717) is 6.04 Å². The number of rotatable bonds is 4. The van der Waals surface area contributed by atoms with Crippen molar-refractivity contribution in [3.63, 3.8) is 0 Å². The summed E-state index contributed by atoms with van der Waals surface area (Å²) in [5, 5.41) is 8.71. The van der Waals surface area contributed by atoms with Crippen LogP contribution in [0.25, 0.3) is 0 Å². The molecule has 2 saturated heterocycles. The highest BCUT2D eigenvalue weighted by Crippen LogP contribution is 2.56. The molecule has 0 bridgehead atoms. The average Bonchev–Trinajstić information content (AvgIpc) is 3.04. The Morgan fingerprint density at radius 2 is 1.79 bits per heavy atom. The molecule has 0 radical (unpaired) electrons. The second kappa shape index (κ2) is 9.22. The summed E-state index contributed by atoms with van der Waals surface area (Å²) in [5.74, 6) is 0.602. The molecule has 1 aliphatic carbocycles. The first kappa shape index (κ1) is 23.2. The smallest absolute Gasteiger partial charge is 0.240 e. The SMILES string of the molecule is Cc1ccc([C@@H]2CC[C@@]3(NC4CCOCC4)C(=O)N[C@H](C)[C@H]3[C@H]2c2ccc(Cl)cc2)c(Cl)c1. The van der Waals surface area contributed by atoms with Crippen LogP contribution in [0.5, 0.6) is 0 Å². The van der Waals surface area contributed by atoms with Crippen LogP contribution in [0.3, 0.4) is 0 Å². The summed E-state index contributed by atoms with van der Waals surface area (Å²) in [6, 6.07) is 14.9. The molecule has 4 nitrogen and oxygen atoms in total. The molecule has 6 heteroatoms. The number of hydrogen-bond acceptors (Lipinski definition) is 3. The van der Waals surface area contributed by atoms with Crippen LogP contribution in [-0.4, -0.2) is 36.7 Å². The fourth-order valence-corrected chi connectivity index (χ4v) is 7.06. The normalized spacial score (nSPS) is 32.4. The van der Waals surface area contributed by atoms with Crippen molar-refractivity contribution in [3.05, 3.63) is 69.2 Å². The van der Waals surface area contributed by atoms with Gasteiger partial charge in [-0.05, 0) is 86.3 Å². The van der Waals surface area contributed by atoms with E-state index in [4.69, 9.17) is 27.9 Å². The molecule has 0 spiro atoms. The van der Waals surface area contributed by atoms with Crippen LogP contribution < -0.4 is 10.6 Å². The minimum absolute atomic E-state index is 0.0533. The number of aryl methyl sites for hydroxylation is 1. The molecule has 2 heterocycles. The molecular weight excluding hydrogens is 455 g/mol. The van der Waals surface area contributed by atoms with Crippen molar-refractivity contribution in [1.29, 1.82) is 0 Å². The Morgan fingerprint density at radius 1 is 1.06 bits per heavy atom. The molecular formula is C27H32Cl2N2O2. The standard InChI is InChI=1S/C27H32Cl2N2O2/c1-16-3-8-21(23(29)15-16)22-9-12-27(31-20-10-13-33-14-11-20)25(17(2)30-26(27)32)24(22)18-4-6-19(28)7-5-18/h3-8,15,17,20,22,24-25,31H,9-14H2,1-2H3,(H,30,32)/t17-,22+,24+,25+,27+/m1/s1. The number of carbonyl (C=O) groups is 1. The Morgan fingerprint density at radius 3 is 2.48 bits per heavy atom. The minimum Gasteiger partial charge on any atom is -0.381 e. The van der Waals surface area contributed by atoms with Crippen LogP contribution in [0, 0.1) is 12.8 Å². The largest absolute Gasteiger partial charge is 0.381 e. The molecule has 176 valence electrons. The molecule has 2 aromatic carbocycles. The van der Waals surface area contributed by atoms with Gasteiger partial charge in [0.2, 0.25) is 5.91 Å². The highest BCUT2D eigenvalue weighted by atomic mass is 35.5. The quantitative estimate of drug-likeness (QED) is 0.590. The number of carbonyl (C=O) groups excluding carboxylic acids is 1. The lowest BCUT2D eigenvalue weighted by Gasteiger charge is -2.49. The van der Waals surface area contributed by atoms with E-state index < -0.39 is 5.54 Å². The van der Waals surface area contributed by atoms with E-state index in [1.54, 1.807) is 0 Å². The predicted octanol–water partition coefficient (Wildman–Crippen LogP) is 5.60. The topological polar surface area (TPSA) is 50.4 Å². The molecule has 2 aliphatic heterocycles. The van der Waals surface area contributed by atoms with Gasteiger partial charge in [-0.3, -0.25) is 4.79 Å². The van der Waals surface area contributed by atoms with Gasteiger partial charge in [-0.15, -0.1) is 0 Å². The first-order valence-corrected chi connectivity index (χ1v) is 12.8. The lowest BCUT2D eigenvalue weighted by Crippen LogP contribution is -2.62. The Labute approximate surface area is 206 Å². The fourth-order valence-electron chi connectivity index (χ4n) is 6.56. The van der Waals surface area contributed by atoms with Gasteiger partial charge in [0.25, 0.3) is 0 Å². The van der Waals surface area contributed by atoms with Gasteiger partial charge in [-0.1, -0.05) is 47.5 Å². The van der Waals surface area contributed by atoms with Crippen LogP contribution >= 0.6 is 23.2 Å². The highest BCUT2D eigenvalue weighted by molar-refractivity contribution is 6.31. The molecule has 1 amide bonds. The molecule has 5 atom stereocenters. The molecule has 0 aromatic heterocycles. The molecule has 33 heavy (non-hydrogen) atoms. The Kier molecular flexibility index (Phi) is 6.47. The monoisotopic (exact) mass is 486 g/mol. The summed E-state index contributed by atoms with van der Waals surface area (Å²) in [6.45, 7) is 5.71. The first-order chi connectivity index (χ1) is 15.9. The van der Waals surface area contributed by atoms with Gasteiger partial charge in [0, 0.05) is 41.3 Å². The number of hydrogen-bond donors (Lipinski definition) is 2. The number of nitrogens with one attached hydrogen (secondary N) is 2. The average molecular weight is 487 g/mol. The summed E-state index contributed by atoms with van der Waals surface area (Å²) < 4.78 is 5.58. The number of halogens is 2. The van der Waals surface area contributed by atoms with Crippen molar-refractivity contribution >= 4 is 29.1 Å². The number of ether oxygens (including phenoxy) is 1. The van der Waals surface area contributed by atoms with Gasteiger partial charge in [-0.2, -0.15) is 0 Å². The molecule has 3 fully saturated rings. The minimum atomic E-state index is -0.584. The third-order valence-corrected chi connectivity index (χ3v) is 8.61. The Bertz CT molecular complexity index is 1020. The molecule has 0 unspecified atom stereocenters. The zero-order valence-electron chi connectivity index (χ0n) is 19.2. The van der Waals surface area contributed by atoms with Gasteiger partial charge in [0.05, 0.1) is 0 Å². The molecule has 1 saturated carbocycles. The van der Waals surface area contributed by atoms with Crippen LogP contribution in [-0.2, 0) is 9.53 Å². The zero-order chi connectivity index (χ0) is 23.2. The lowest BCUT2D eigenvalue weighted by atomic mass is 9.58. The maximum Gasteiger partial charge on any atom is 0.240 e. The molecule has 2 aromatic rings. The van der Waals surface area contributed by atoms with Gasteiger partial charge >= 0.3 is 0 Å². The summed E-state index contributed by atoms with van der Waals surface area (Å²) in [6.07, 6.45) is 3.57. The van der Waals surface area contributed by atoms with E-state index in [1.807, 2.05) is 12.1 Å². The Hall–Kier alpha value is -1.59. The molecule has 3 aliphatic rings. The van der Waals surface area contributed by atoms with Crippen molar-refractivity contribution < 1.29 is 9.53 Å². The first-order valence-electron chi connectivity index (χ1n) is 12.1. The number of fused-ring (bicyclic) bond motifs is 1. The van der Waals surface area contributed by atoms with Crippen LogP contribution in [0.4, 0.5) is 0 Å². The van der Waals surface area contributed by atoms with E-state index in [9.17, 15) is 4.79 Å². The van der Waals surface area contributed by atoms with Gasteiger partial charge in [0.1, 0.15) is 5.54 Å². The maximum absolute atomic E-state index is 13.5. The van der Waals surface area contributed by atoms with Crippen molar-refractivity contribution in [2.45, 2.75) is 69.0 Å². The number of amides is 1. The Balaban J connectivity index is 1.60. The van der Waals surface area contributed by atoms with Crippen LogP contribution in [0.1, 0.15) is 61.1 Å². The maximum atomic E-state index is 13.5. The van der Waals surface area contributed by atoms with Gasteiger partial charge in [-0.25, -0.2) is 0 Å². The van der Waals surface area contributed by atoms with E-state index in [0.717, 1.165) is 54.5 Å². The van der Waals surface area contributed by atoms with Crippen molar-refractivity contribution in [3.8, 4) is 0 Å².